The second-order valence-corrected chi connectivity index (χ2v) is 5.84. The topological polar surface area (TPSA) is 21.3 Å². The van der Waals surface area contributed by atoms with Gasteiger partial charge in [0.25, 0.3) is 0 Å². The summed E-state index contributed by atoms with van der Waals surface area (Å²) in [6.45, 7) is 5.49. The van der Waals surface area contributed by atoms with Gasteiger partial charge < -0.3 is 10.1 Å². The minimum absolute atomic E-state index is 0.504. The van der Waals surface area contributed by atoms with Crippen molar-refractivity contribution in [3.8, 4) is 0 Å². The SMILES string of the molecule is CCCC1CC(NC(C)CCSC)CCO1. The molecule has 1 aliphatic rings. The Hall–Kier alpha value is 0.270. The number of hydrogen-bond acceptors (Lipinski definition) is 3. The third-order valence-electron chi connectivity index (χ3n) is 3.25. The van der Waals surface area contributed by atoms with Crippen LogP contribution in [-0.4, -0.2) is 36.8 Å². The number of rotatable bonds is 7. The predicted octanol–water partition coefficient (Wildman–Crippen LogP) is 3.07. The smallest absolute Gasteiger partial charge is 0.0589 e. The molecule has 0 radical (unpaired) electrons. The molecule has 0 aromatic heterocycles. The molecule has 1 saturated heterocycles. The zero-order chi connectivity index (χ0) is 11.8. The third-order valence-corrected chi connectivity index (χ3v) is 3.90. The van der Waals surface area contributed by atoms with E-state index in [-0.39, 0.29) is 0 Å². The van der Waals surface area contributed by atoms with E-state index in [4.69, 9.17) is 4.74 Å². The maximum atomic E-state index is 5.77. The third kappa shape index (κ3) is 5.55. The normalized spacial score (nSPS) is 27.9. The molecule has 1 rings (SSSR count). The Labute approximate surface area is 105 Å². The van der Waals surface area contributed by atoms with Crippen LogP contribution in [0.3, 0.4) is 0 Å². The number of ether oxygens (including phenoxy) is 1. The monoisotopic (exact) mass is 245 g/mol. The van der Waals surface area contributed by atoms with Gasteiger partial charge in [-0.05, 0) is 44.6 Å². The lowest BCUT2D eigenvalue weighted by Crippen LogP contribution is -2.43. The summed E-state index contributed by atoms with van der Waals surface area (Å²) in [5.74, 6) is 1.26. The maximum Gasteiger partial charge on any atom is 0.0589 e. The van der Waals surface area contributed by atoms with Crippen LogP contribution in [0.4, 0.5) is 0 Å². The van der Waals surface area contributed by atoms with Gasteiger partial charge in [0.15, 0.2) is 0 Å². The Morgan fingerprint density at radius 3 is 3.00 bits per heavy atom. The van der Waals surface area contributed by atoms with Gasteiger partial charge in [-0.3, -0.25) is 0 Å². The summed E-state index contributed by atoms with van der Waals surface area (Å²) in [6, 6.07) is 1.33. The maximum absolute atomic E-state index is 5.77. The van der Waals surface area contributed by atoms with Crippen molar-refractivity contribution in [1.29, 1.82) is 0 Å². The Balaban J connectivity index is 2.20. The van der Waals surface area contributed by atoms with Crippen LogP contribution in [0.5, 0.6) is 0 Å². The zero-order valence-corrected chi connectivity index (χ0v) is 11.8. The van der Waals surface area contributed by atoms with E-state index in [1.807, 2.05) is 11.8 Å². The first-order chi connectivity index (χ1) is 7.76. The van der Waals surface area contributed by atoms with Gasteiger partial charge in [0.2, 0.25) is 0 Å². The summed E-state index contributed by atoms with van der Waals surface area (Å²) >= 11 is 1.94. The minimum atomic E-state index is 0.504. The molecule has 0 bridgehead atoms. The second kappa shape index (κ2) is 8.37. The molecule has 3 heteroatoms. The largest absolute Gasteiger partial charge is 0.378 e. The molecule has 1 heterocycles. The molecule has 3 atom stereocenters. The average molecular weight is 245 g/mol. The van der Waals surface area contributed by atoms with Crippen molar-refractivity contribution in [2.45, 2.75) is 64.1 Å². The predicted molar refractivity (Wildman–Crippen MR) is 73.3 cm³/mol. The molecule has 0 spiro atoms. The van der Waals surface area contributed by atoms with Gasteiger partial charge in [-0.2, -0.15) is 11.8 Å². The fraction of sp³-hybridized carbons (Fsp3) is 1.00. The van der Waals surface area contributed by atoms with Crippen LogP contribution in [0.2, 0.25) is 0 Å². The van der Waals surface area contributed by atoms with E-state index >= 15 is 0 Å². The van der Waals surface area contributed by atoms with E-state index in [1.54, 1.807) is 0 Å². The summed E-state index contributed by atoms with van der Waals surface area (Å²) in [5.41, 5.74) is 0. The molecule has 1 aliphatic heterocycles. The molecular formula is C13H27NOS. The van der Waals surface area contributed by atoms with Crippen molar-refractivity contribution in [3.63, 3.8) is 0 Å². The lowest BCUT2D eigenvalue weighted by Gasteiger charge is -2.32. The molecule has 0 aromatic rings. The van der Waals surface area contributed by atoms with Gasteiger partial charge in [0.1, 0.15) is 0 Å². The number of nitrogens with one attached hydrogen (secondary N) is 1. The molecule has 16 heavy (non-hydrogen) atoms. The fourth-order valence-electron chi connectivity index (χ4n) is 2.34. The standard InChI is InChI=1S/C13H27NOS/c1-4-5-13-10-12(6-8-15-13)14-11(2)7-9-16-3/h11-14H,4-10H2,1-3H3. The number of hydrogen-bond donors (Lipinski definition) is 1. The van der Waals surface area contributed by atoms with Gasteiger partial charge in [-0.25, -0.2) is 0 Å². The van der Waals surface area contributed by atoms with Crippen molar-refractivity contribution in [2.24, 2.45) is 0 Å². The second-order valence-electron chi connectivity index (χ2n) is 4.85. The van der Waals surface area contributed by atoms with Crippen LogP contribution in [0, 0.1) is 0 Å². The van der Waals surface area contributed by atoms with Gasteiger partial charge in [0.05, 0.1) is 6.10 Å². The van der Waals surface area contributed by atoms with Crippen molar-refractivity contribution < 1.29 is 4.74 Å². The van der Waals surface area contributed by atoms with Crippen LogP contribution >= 0.6 is 11.8 Å². The van der Waals surface area contributed by atoms with Gasteiger partial charge in [0, 0.05) is 18.7 Å². The number of thioether (sulfide) groups is 1. The van der Waals surface area contributed by atoms with Crippen LogP contribution < -0.4 is 5.32 Å². The summed E-state index contributed by atoms with van der Waals surface area (Å²) in [5, 5.41) is 3.75. The molecule has 3 unspecified atom stereocenters. The van der Waals surface area contributed by atoms with Crippen LogP contribution in [0.1, 0.15) is 46.0 Å². The highest BCUT2D eigenvalue weighted by molar-refractivity contribution is 7.98. The highest BCUT2D eigenvalue weighted by Crippen LogP contribution is 2.18. The summed E-state index contributed by atoms with van der Waals surface area (Å²) in [7, 11) is 0. The summed E-state index contributed by atoms with van der Waals surface area (Å²) < 4.78 is 5.77. The molecule has 96 valence electrons. The van der Waals surface area contributed by atoms with Gasteiger partial charge >= 0.3 is 0 Å². The summed E-state index contributed by atoms with van der Waals surface area (Å²) in [6.07, 6.45) is 8.80. The molecule has 1 N–H and O–H groups in total. The van der Waals surface area contributed by atoms with E-state index in [1.165, 1.54) is 37.9 Å². The molecular weight excluding hydrogens is 218 g/mol. The van der Waals surface area contributed by atoms with Gasteiger partial charge in [-0.15, -0.1) is 0 Å². The van der Waals surface area contributed by atoms with E-state index < -0.39 is 0 Å². The molecule has 0 amide bonds. The molecule has 2 nitrogen and oxygen atoms in total. The Kier molecular flexibility index (Phi) is 7.50. The first-order valence-corrected chi connectivity index (χ1v) is 8.02. The molecule has 0 saturated carbocycles. The highest BCUT2D eigenvalue weighted by atomic mass is 32.2. The molecule has 1 fully saturated rings. The highest BCUT2D eigenvalue weighted by Gasteiger charge is 2.22. The van der Waals surface area contributed by atoms with E-state index in [2.05, 4.69) is 25.4 Å². The fourth-order valence-corrected chi connectivity index (χ4v) is 2.92. The van der Waals surface area contributed by atoms with Crippen molar-refractivity contribution in [2.75, 3.05) is 18.6 Å². The Morgan fingerprint density at radius 1 is 1.50 bits per heavy atom. The average Bonchev–Trinajstić information content (AvgIpc) is 2.27. The van der Waals surface area contributed by atoms with Crippen LogP contribution in [0.25, 0.3) is 0 Å². The lowest BCUT2D eigenvalue weighted by molar-refractivity contribution is -0.00470. The first-order valence-electron chi connectivity index (χ1n) is 6.62. The van der Waals surface area contributed by atoms with Crippen LogP contribution in [-0.2, 0) is 4.74 Å². The molecule has 0 aromatic carbocycles. The van der Waals surface area contributed by atoms with Crippen molar-refractivity contribution in [3.05, 3.63) is 0 Å². The van der Waals surface area contributed by atoms with Crippen molar-refractivity contribution >= 4 is 11.8 Å². The Bertz CT molecular complexity index is 175. The first kappa shape index (κ1) is 14.3. The van der Waals surface area contributed by atoms with Crippen molar-refractivity contribution in [1.82, 2.24) is 5.32 Å². The summed E-state index contributed by atoms with van der Waals surface area (Å²) in [4.78, 5) is 0. The van der Waals surface area contributed by atoms with E-state index in [9.17, 15) is 0 Å². The zero-order valence-electron chi connectivity index (χ0n) is 11.0. The quantitative estimate of drug-likeness (QED) is 0.745. The van der Waals surface area contributed by atoms with E-state index in [0.29, 0.717) is 18.2 Å². The van der Waals surface area contributed by atoms with Crippen LogP contribution in [0.15, 0.2) is 0 Å². The Morgan fingerprint density at radius 2 is 2.31 bits per heavy atom. The lowest BCUT2D eigenvalue weighted by atomic mass is 9.99. The molecule has 0 aliphatic carbocycles. The van der Waals surface area contributed by atoms with Gasteiger partial charge in [-0.1, -0.05) is 13.3 Å². The minimum Gasteiger partial charge on any atom is -0.378 e. The van der Waals surface area contributed by atoms with E-state index in [0.717, 1.165) is 6.61 Å².